The minimum atomic E-state index is -0.472. The van der Waals surface area contributed by atoms with Gasteiger partial charge < -0.3 is 9.84 Å². The summed E-state index contributed by atoms with van der Waals surface area (Å²) in [5, 5.41) is 14.3. The van der Waals surface area contributed by atoms with E-state index in [0.29, 0.717) is 6.42 Å². The number of hydrogen-bond donors (Lipinski definition) is 1. The van der Waals surface area contributed by atoms with Gasteiger partial charge >= 0.3 is 0 Å². The van der Waals surface area contributed by atoms with Gasteiger partial charge in [-0.05, 0) is 39.7 Å². The Morgan fingerprint density at radius 3 is 2.62 bits per heavy atom. The van der Waals surface area contributed by atoms with Crippen molar-refractivity contribution in [3.63, 3.8) is 0 Å². The number of aliphatic hydroxyl groups excluding tert-OH is 1. The molecule has 1 N–H and O–H groups in total. The Balaban J connectivity index is 2.59. The highest BCUT2D eigenvalue weighted by Crippen LogP contribution is 2.24. The second-order valence-electron chi connectivity index (χ2n) is 4.85. The molecule has 0 aliphatic carbocycles. The predicted octanol–water partition coefficient (Wildman–Crippen LogP) is 1.97. The molecule has 1 aromatic heterocycles. The van der Waals surface area contributed by atoms with Crippen LogP contribution in [-0.4, -0.2) is 27.6 Å². The zero-order valence-corrected chi connectivity index (χ0v) is 10.8. The van der Waals surface area contributed by atoms with Crippen molar-refractivity contribution in [2.24, 2.45) is 7.05 Å². The lowest BCUT2D eigenvalue weighted by Gasteiger charge is -2.24. The molecule has 1 aromatic rings. The van der Waals surface area contributed by atoms with Crippen molar-refractivity contribution in [1.82, 2.24) is 9.78 Å². The highest BCUT2D eigenvalue weighted by molar-refractivity contribution is 5.11. The lowest BCUT2D eigenvalue weighted by atomic mass is 9.99. The number of rotatable bonds is 5. The number of nitrogens with zero attached hydrogens (tertiary/aromatic N) is 2. The fourth-order valence-electron chi connectivity index (χ4n) is 1.68. The van der Waals surface area contributed by atoms with Crippen molar-refractivity contribution in [3.05, 3.63) is 17.5 Å². The number of aliphatic hydroxyl groups is 1. The Kier molecular flexibility index (Phi) is 4.10. The summed E-state index contributed by atoms with van der Waals surface area (Å²) in [6.45, 7) is 5.97. The van der Waals surface area contributed by atoms with Crippen LogP contribution in [0.25, 0.3) is 0 Å². The van der Waals surface area contributed by atoms with Crippen molar-refractivity contribution in [1.29, 1.82) is 0 Å². The Morgan fingerprint density at radius 1 is 1.56 bits per heavy atom. The van der Waals surface area contributed by atoms with Gasteiger partial charge in [-0.15, -0.1) is 0 Å². The largest absolute Gasteiger partial charge is 0.387 e. The molecule has 0 aliphatic rings. The lowest BCUT2D eigenvalue weighted by molar-refractivity contribution is 0.00207. The molecule has 0 aromatic carbocycles. The van der Waals surface area contributed by atoms with Crippen LogP contribution in [-0.2, 0) is 11.8 Å². The maximum atomic E-state index is 10.1. The standard InChI is InChI=1S/C12H22N2O2/c1-9-8-10(14(4)13-9)11(15)6-7-12(2,3)16-5/h8,11,15H,6-7H2,1-5H3. The fraction of sp³-hybridized carbons (Fsp3) is 0.750. The first-order valence-electron chi connectivity index (χ1n) is 5.59. The van der Waals surface area contributed by atoms with E-state index in [2.05, 4.69) is 5.10 Å². The second-order valence-corrected chi connectivity index (χ2v) is 4.85. The summed E-state index contributed by atoms with van der Waals surface area (Å²) in [5.74, 6) is 0. The first-order chi connectivity index (χ1) is 7.35. The molecule has 0 amide bonds. The van der Waals surface area contributed by atoms with Crippen molar-refractivity contribution in [2.45, 2.75) is 45.3 Å². The second kappa shape index (κ2) is 4.97. The van der Waals surface area contributed by atoms with E-state index >= 15 is 0 Å². The average molecular weight is 226 g/mol. The number of ether oxygens (including phenoxy) is 1. The van der Waals surface area contributed by atoms with Gasteiger partial charge in [0.1, 0.15) is 0 Å². The van der Waals surface area contributed by atoms with Gasteiger partial charge in [-0.2, -0.15) is 5.10 Å². The van der Waals surface area contributed by atoms with Crippen LogP contribution in [0.3, 0.4) is 0 Å². The fourth-order valence-corrected chi connectivity index (χ4v) is 1.68. The Labute approximate surface area is 97.2 Å². The van der Waals surface area contributed by atoms with Gasteiger partial charge in [0.25, 0.3) is 0 Å². The normalized spacial score (nSPS) is 14.1. The Bertz CT molecular complexity index is 345. The minimum absolute atomic E-state index is 0.186. The predicted molar refractivity (Wildman–Crippen MR) is 63.2 cm³/mol. The third kappa shape index (κ3) is 3.32. The summed E-state index contributed by atoms with van der Waals surface area (Å²) in [6, 6.07) is 1.92. The monoisotopic (exact) mass is 226 g/mol. The summed E-state index contributed by atoms with van der Waals surface area (Å²) >= 11 is 0. The van der Waals surface area contributed by atoms with Gasteiger partial charge in [0, 0.05) is 14.2 Å². The third-order valence-corrected chi connectivity index (χ3v) is 2.95. The summed E-state index contributed by atoms with van der Waals surface area (Å²) in [5.41, 5.74) is 1.61. The summed E-state index contributed by atoms with van der Waals surface area (Å²) in [6.07, 6.45) is 1.02. The minimum Gasteiger partial charge on any atom is -0.387 e. The Hall–Kier alpha value is -0.870. The molecule has 0 fully saturated rings. The van der Waals surface area contributed by atoms with Crippen LogP contribution in [0, 0.1) is 6.92 Å². The van der Waals surface area contributed by atoms with E-state index < -0.39 is 6.10 Å². The van der Waals surface area contributed by atoms with E-state index in [-0.39, 0.29) is 5.60 Å². The van der Waals surface area contributed by atoms with Gasteiger partial charge in [0.05, 0.1) is 23.1 Å². The van der Waals surface area contributed by atoms with Crippen molar-refractivity contribution < 1.29 is 9.84 Å². The SMILES string of the molecule is COC(C)(C)CCC(O)c1cc(C)nn1C. The van der Waals surface area contributed by atoms with Crippen LogP contribution >= 0.6 is 0 Å². The smallest absolute Gasteiger partial charge is 0.0957 e. The molecule has 92 valence electrons. The number of methoxy groups -OCH3 is 1. The van der Waals surface area contributed by atoms with E-state index in [1.807, 2.05) is 33.9 Å². The first-order valence-corrected chi connectivity index (χ1v) is 5.59. The summed E-state index contributed by atoms with van der Waals surface area (Å²) in [7, 11) is 3.55. The van der Waals surface area contributed by atoms with E-state index in [1.165, 1.54) is 0 Å². The van der Waals surface area contributed by atoms with Crippen molar-refractivity contribution in [2.75, 3.05) is 7.11 Å². The molecule has 1 heterocycles. The van der Waals surface area contributed by atoms with Crippen LogP contribution in [0.4, 0.5) is 0 Å². The first kappa shape index (κ1) is 13.2. The molecule has 0 spiro atoms. The van der Waals surface area contributed by atoms with Crippen LogP contribution in [0.1, 0.15) is 44.2 Å². The van der Waals surface area contributed by atoms with Crippen molar-refractivity contribution >= 4 is 0 Å². The maximum absolute atomic E-state index is 10.1. The Morgan fingerprint density at radius 2 is 2.19 bits per heavy atom. The molecule has 0 aliphatic heterocycles. The van der Waals surface area contributed by atoms with Crippen LogP contribution in [0.5, 0.6) is 0 Å². The average Bonchev–Trinajstić information content (AvgIpc) is 2.54. The molecule has 0 radical (unpaired) electrons. The molecule has 4 heteroatoms. The van der Waals surface area contributed by atoms with Gasteiger partial charge in [0.15, 0.2) is 0 Å². The lowest BCUT2D eigenvalue weighted by Crippen LogP contribution is -2.23. The molecule has 1 unspecified atom stereocenters. The van der Waals surface area contributed by atoms with E-state index in [0.717, 1.165) is 17.8 Å². The van der Waals surface area contributed by atoms with Crippen LogP contribution in [0.15, 0.2) is 6.07 Å². The number of aryl methyl sites for hydroxylation is 2. The molecular formula is C12H22N2O2. The maximum Gasteiger partial charge on any atom is 0.0957 e. The molecule has 4 nitrogen and oxygen atoms in total. The van der Waals surface area contributed by atoms with Gasteiger partial charge in [0.2, 0.25) is 0 Å². The molecule has 1 rings (SSSR count). The number of aromatic nitrogens is 2. The highest BCUT2D eigenvalue weighted by atomic mass is 16.5. The zero-order chi connectivity index (χ0) is 12.3. The number of hydrogen-bond acceptors (Lipinski definition) is 3. The zero-order valence-electron chi connectivity index (χ0n) is 10.8. The molecule has 0 saturated carbocycles. The van der Waals surface area contributed by atoms with E-state index in [4.69, 9.17) is 4.74 Å². The van der Waals surface area contributed by atoms with Gasteiger partial charge in [-0.25, -0.2) is 0 Å². The topological polar surface area (TPSA) is 47.3 Å². The van der Waals surface area contributed by atoms with E-state index in [9.17, 15) is 5.11 Å². The van der Waals surface area contributed by atoms with Gasteiger partial charge in [-0.3, -0.25) is 4.68 Å². The summed E-state index contributed by atoms with van der Waals surface area (Å²) < 4.78 is 7.06. The highest BCUT2D eigenvalue weighted by Gasteiger charge is 2.20. The summed E-state index contributed by atoms with van der Waals surface area (Å²) in [4.78, 5) is 0. The molecule has 0 bridgehead atoms. The third-order valence-electron chi connectivity index (χ3n) is 2.95. The molecule has 1 atom stereocenters. The molecular weight excluding hydrogens is 204 g/mol. The quantitative estimate of drug-likeness (QED) is 0.835. The van der Waals surface area contributed by atoms with Crippen molar-refractivity contribution in [3.8, 4) is 0 Å². The molecule has 16 heavy (non-hydrogen) atoms. The van der Waals surface area contributed by atoms with Crippen LogP contribution in [0.2, 0.25) is 0 Å². The van der Waals surface area contributed by atoms with E-state index in [1.54, 1.807) is 11.8 Å². The van der Waals surface area contributed by atoms with Crippen LogP contribution < -0.4 is 0 Å². The molecule has 0 saturated heterocycles. The van der Waals surface area contributed by atoms with Gasteiger partial charge in [-0.1, -0.05) is 0 Å².